The molecule has 0 unspecified atom stereocenters. The minimum Gasteiger partial charge on any atom is -0.475 e. The number of aliphatic hydroxyl groups excluding tert-OH is 1. The third kappa shape index (κ3) is 6.97. The molecule has 1 aromatic heterocycles. The summed E-state index contributed by atoms with van der Waals surface area (Å²) in [5, 5.41) is 22.3. The summed E-state index contributed by atoms with van der Waals surface area (Å²) >= 11 is 0. The van der Waals surface area contributed by atoms with E-state index in [4.69, 9.17) is 15.9 Å². The van der Waals surface area contributed by atoms with Crippen LogP contribution in [0.5, 0.6) is 0 Å². The molecule has 156 valence electrons. The van der Waals surface area contributed by atoms with Gasteiger partial charge in [0.1, 0.15) is 12.4 Å². The van der Waals surface area contributed by atoms with Crippen LogP contribution in [0.4, 0.5) is 25.1 Å². The highest BCUT2D eigenvalue weighted by Crippen LogP contribution is 2.17. The first-order valence-corrected chi connectivity index (χ1v) is 8.51. The SMILES string of the molecule is N=C(OCCOC(F)F)c1cnc(NC(=O)N[C@H](CO)c2ccccc2)cc1N. The average Bonchev–Trinajstić information content (AvgIpc) is 2.70. The summed E-state index contributed by atoms with van der Waals surface area (Å²) in [4.78, 5) is 16.1. The van der Waals surface area contributed by atoms with Gasteiger partial charge in [0.2, 0.25) is 5.90 Å². The number of benzene rings is 1. The van der Waals surface area contributed by atoms with E-state index in [9.17, 15) is 18.7 Å². The molecule has 1 aromatic carbocycles. The van der Waals surface area contributed by atoms with Crippen molar-refractivity contribution in [1.82, 2.24) is 10.3 Å². The van der Waals surface area contributed by atoms with E-state index in [1.807, 2.05) is 6.07 Å². The number of hydrogen-bond acceptors (Lipinski definition) is 7. The lowest BCUT2D eigenvalue weighted by molar-refractivity contribution is -0.134. The minimum atomic E-state index is -2.91. The number of pyridine rings is 1. The van der Waals surface area contributed by atoms with E-state index in [1.165, 1.54) is 12.3 Å². The molecule has 1 heterocycles. The number of halogens is 2. The Morgan fingerprint density at radius 2 is 2.00 bits per heavy atom. The summed E-state index contributed by atoms with van der Waals surface area (Å²) < 4.78 is 32.8. The average molecular weight is 409 g/mol. The van der Waals surface area contributed by atoms with E-state index < -0.39 is 18.7 Å². The maximum absolute atomic E-state index is 12.2. The first-order valence-electron chi connectivity index (χ1n) is 8.51. The second-order valence-corrected chi connectivity index (χ2v) is 5.71. The highest BCUT2D eigenvalue weighted by molar-refractivity contribution is 5.97. The van der Waals surface area contributed by atoms with Gasteiger partial charge < -0.3 is 25.6 Å². The minimum absolute atomic E-state index is 0.0943. The second-order valence-electron chi connectivity index (χ2n) is 5.71. The Morgan fingerprint density at radius 1 is 1.28 bits per heavy atom. The van der Waals surface area contributed by atoms with Crippen LogP contribution in [0.15, 0.2) is 42.6 Å². The molecular formula is C18H21F2N5O4. The largest absolute Gasteiger partial charge is 0.475 e. The molecule has 2 rings (SSSR count). The zero-order chi connectivity index (χ0) is 21.2. The molecule has 0 aliphatic heterocycles. The monoisotopic (exact) mass is 409 g/mol. The van der Waals surface area contributed by atoms with E-state index in [0.717, 1.165) is 5.56 Å². The summed E-state index contributed by atoms with van der Waals surface area (Å²) in [6.45, 7) is -3.85. The zero-order valence-corrected chi connectivity index (χ0v) is 15.3. The maximum atomic E-state index is 12.2. The molecule has 0 spiro atoms. The van der Waals surface area contributed by atoms with Crippen LogP contribution in [0.2, 0.25) is 0 Å². The van der Waals surface area contributed by atoms with Gasteiger partial charge in [-0.25, -0.2) is 9.78 Å². The predicted octanol–water partition coefficient (Wildman–Crippen LogP) is 2.10. The summed E-state index contributed by atoms with van der Waals surface area (Å²) in [6, 6.07) is 9.03. The molecule has 0 saturated carbocycles. The van der Waals surface area contributed by atoms with E-state index in [2.05, 4.69) is 20.4 Å². The second kappa shape index (κ2) is 10.9. The number of amides is 2. The molecule has 0 radical (unpaired) electrons. The Hall–Kier alpha value is -3.31. The number of nitrogens with one attached hydrogen (secondary N) is 3. The molecule has 2 aromatic rings. The van der Waals surface area contributed by atoms with Gasteiger partial charge in [-0.2, -0.15) is 8.78 Å². The van der Waals surface area contributed by atoms with E-state index in [-0.39, 0.29) is 42.8 Å². The number of aliphatic hydroxyl groups is 1. The number of anilines is 2. The van der Waals surface area contributed by atoms with Gasteiger partial charge in [0.05, 0.1) is 24.8 Å². The van der Waals surface area contributed by atoms with Crippen LogP contribution in [-0.4, -0.2) is 48.5 Å². The van der Waals surface area contributed by atoms with Crippen LogP contribution < -0.4 is 16.4 Å². The number of nitrogens with zero attached hydrogens (tertiary/aromatic N) is 1. The molecule has 29 heavy (non-hydrogen) atoms. The van der Waals surface area contributed by atoms with Crippen molar-refractivity contribution >= 4 is 23.4 Å². The van der Waals surface area contributed by atoms with Crippen molar-refractivity contribution in [2.24, 2.45) is 0 Å². The molecule has 0 bridgehead atoms. The van der Waals surface area contributed by atoms with Gasteiger partial charge >= 0.3 is 12.6 Å². The van der Waals surface area contributed by atoms with Gasteiger partial charge in [-0.05, 0) is 5.56 Å². The van der Waals surface area contributed by atoms with Gasteiger partial charge in [0.15, 0.2) is 0 Å². The third-order valence-electron chi connectivity index (χ3n) is 3.69. The van der Waals surface area contributed by atoms with Crippen LogP contribution >= 0.6 is 0 Å². The number of hydrogen-bond donors (Lipinski definition) is 5. The molecule has 0 saturated heterocycles. The number of nitrogens with two attached hydrogens (primary N) is 1. The van der Waals surface area contributed by atoms with Crippen LogP contribution in [0, 0.1) is 5.41 Å². The van der Waals surface area contributed by atoms with E-state index in [0.29, 0.717) is 0 Å². The van der Waals surface area contributed by atoms with Crippen molar-refractivity contribution in [3.8, 4) is 0 Å². The van der Waals surface area contributed by atoms with Crippen molar-refractivity contribution in [3.63, 3.8) is 0 Å². The molecule has 6 N–H and O–H groups in total. The van der Waals surface area contributed by atoms with Gasteiger partial charge in [0.25, 0.3) is 0 Å². The number of urea groups is 1. The highest BCUT2D eigenvalue weighted by atomic mass is 19.3. The maximum Gasteiger partial charge on any atom is 0.345 e. The molecule has 0 aliphatic rings. The zero-order valence-electron chi connectivity index (χ0n) is 15.3. The number of nitrogen functional groups attached to an aromatic ring is 1. The Morgan fingerprint density at radius 3 is 2.62 bits per heavy atom. The van der Waals surface area contributed by atoms with Crippen LogP contribution in [0.25, 0.3) is 0 Å². The fourth-order valence-corrected chi connectivity index (χ4v) is 2.32. The topological polar surface area (TPSA) is 143 Å². The lowest BCUT2D eigenvalue weighted by Crippen LogP contribution is -2.34. The molecule has 11 heteroatoms. The summed E-state index contributed by atoms with van der Waals surface area (Å²) in [7, 11) is 0. The Bertz CT molecular complexity index is 823. The smallest absolute Gasteiger partial charge is 0.345 e. The fraction of sp³-hybridized carbons (Fsp3) is 0.278. The first-order chi connectivity index (χ1) is 13.9. The third-order valence-corrected chi connectivity index (χ3v) is 3.69. The Balaban J connectivity index is 1.92. The van der Waals surface area contributed by atoms with Gasteiger partial charge in [-0.3, -0.25) is 10.7 Å². The number of ether oxygens (including phenoxy) is 2. The standard InChI is InChI=1S/C18H21F2N5O4/c19-17(20)29-7-6-28-16(22)12-9-23-15(8-13(12)21)25-18(27)24-14(10-26)11-4-2-1-3-5-11/h1-5,8-9,14,17,22,26H,6-7,10H2,(H4,21,23,24,25,27)/t14-/m1/s1. The number of aromatic nitrogens is 1. The lowest BCUT2D eigenvalue weighted by Gasteiger charge is -2.17. The quantitative estimate of drug-likeness (QED) is 0.244. The Labute approximate surface area is 165 Å². The van der Waals surface area contributed by atoms with Crippen molar-refractivity contribution in [2.45, 2.75) is 12.7 Å². The number of rotatable bonds is 9. The molecule has 9 nitrogen and oxygen atoms in total. The predicted molar refractivity (Wildman–Crippen MR) is 102 cm³/mol. The molecule has 1 atom stereocenters. The Kier molecular flexibility index (Phi) is 8.25. The number of carbonyl (C=O) groups is 1. The van der Waals surface area contributed by atoms with Crippen molar-refractivity contribution in [1.29, 1.82) is 5.41 Å². The number of alkyl halides is 2. The van der Waals surface area contributed by atoms with Crippen molar-refractivity contribution < 1.29 is 28.2 Å². The van der Waals surface area contributed by atoms with E-state index >= 15 is 0 Å². The highest BCUT2D eigenvalue weighted by Gasteiger charge is 2.15. The fourth-order valence-electron chi connectivity index (χ4n) is 2.32. The first kappa shape index (κ1) is 22.0. The summed E-state index contributed by atoms with van der Waals surface area (Å²) in [5.74, 6) is -0.254. The normalized spacial score (nSPS) is 11.7. The van der Waals surface area contributed by atoms with Crippen LogP contribution in [0.1, 0.15) is 17.2 Å². The van der Waals surface area contributed by atoms with Crippen LogP contribution in [0.3, 0.4) is 0 Å². The van der Waals surface area contributed by atoms with Gasteiger partial charge in [-0.15, -0.1) is 0 Å². The van der Waals surface area contributed by atoms with Gasteiger partial charge in [-0.1, -0.05) is 30.3 Å². The lowest BCUT2D eigenvalue weighted by atomic mass is 10.1. The molecule has 2 amide bonds. The van der Waals surface area contributed by atoms with Gasteiger partial charge in [0, 0.05) is 18.0 Å². The summed E-state index contributed by atoms with van der Waals surface area (Å²) in [5.41, 5.74) is 6.80. The molecular weight excluding hydrogens is 388 g/mol. The van der Waals surface area contributed by atoms with Crippen molar-refractivity contribution in [2.75, 3.05) is 30.9 Å². The molecule has 0 fully saturated rings. The van der Waals surface area contributed by atoms with E-state index in [1.54, 1.807) is 24.3 Å². The van der Waals surface area contributed by atoms with Crippen LogP contribution in [-0.2, 0) is 9.47 Å². The number of carbonyl (C=O) groups excluding carboxylic acids is 1. The molecule has 0 aliphatic carbocycles. The van der Waals surface area contributed by atoms with Crippen molar-refractivity contribution in [3.05, 3.63) is 53.7 Å². The summed E-state index contributed by atoms with van der Waals surface area (Å²) in [6.07, 6.45) is 1.21.